The standard InChI is InChI=1S/C27H30N4O2/c1-5-20-11-13-21(14-12-20)17-28-24(32)16-15-23-18(2)25-19(3)30-31(22-9-7-6-8-10-22)26(25)29-27(23)33-4/h6-14H,5,15-17H2,1-4H3,(H,28,32). The number of rotatable bonds is 8. The molecule has 170 valence electrons. The average Bonchev–Trinajstić information content (AvgIpc) is 3.19. The molecule has 0 aliphatic rings. The molecule has 2 aromatic heterocycles. The minimum absolute atomic E-state index is 0.00724. The van der Waals surface area contributed by atoms with Gasteiger partial charge >= 0.3 is 0 Å². The Hall–Kier alpha value is -3.67. The van der Waals surface area contributed by atoms with E-state index in [9.17, 15) is 4.79 Å². The van der Waals surface area contributed by atoms with E-state index >= 15 is 0 Å². The first-order valence-electron chi connectivity index (χ1n) is 11.3. The molecular formula is C27H30N4O2. The van der Waals surface area contributed by atoms with Crippen LogP contribution >= 0.6 is 0 Å². The van der Waals surface area contributed by atoms with Crippen LogP contribution in [0.4, 0.5) is 0 Å². The zero-order chi connectivity index (χ0) is 23.4. The topological polar surface area (TPSA) is 69.0 Å². The Balaban J connectivity index is 1.53. The van der Waals surface area contributed by atoms with Crippen LogP contribution in [0.2, 0.25) is 0 Å². The van der Waals surface area contributed by atoms with Crippen LogP contribution in [0, 0.1) is 13.8 Å². The number of para-hydroxylation sites is 1. The van der Waals surface area contributed by atoms with E-state index < -0.39 is 0 Å². The summed E-state index contributed by atoms with van der Waals surface area (Å²) in [5, 5.41) is 8.75. The molecule has 0 saturated carbocycles. The molecule has 0 fully saturated rings. The number of methoxy groups -OCH3 is 1. The number of nitrogens with one attached hydrogen (secondary N) is 1. The van der Waals surface area contributed by atoms with Gasteiger partial charge in [-0.1, -0.05) is 49.4 Å². The number of aromatic nitrogens is 3. The highest BCUT2D eigenvalue weighted by molar-refractivity contribution is 5.86. The SMILES string of the molecule is CCc1ccc(CNC(=O)CCc2c(OC)nc3c(c(C)nn3-c3ccccc3)c2C)cc1. The van der Waals surface area contributed by atoms with Gasteiger partial charge in [0.2, 0.25) is 11.8 Å². The Morgan fingerprint density at radius 1 is 1.03 bits per heavy atom. The van der Waals surface area contributed by atoms with Gasteiger partial charge in [0.25, 0.3) is 0 Å². The van der Waals surface area contributed by atoms with E-state index in [1.807, 2.05) is 41.9 Å². The molecule has 33 heavy (non-hydrogen) atoms. The molecule has 6 heteroatoms. The molecule has 2 aromatic carbocycles. The van der Waals surface area contributed by atoms with Gasteiger partial charge in [0.15, 0.2) is 5.65 Å². The summed E-state index contributed by atoms with van der Waals surface area (Å²) in [5.41, 5.74) is 7.01. The fourth-order valence-corrected chi connectivity index (χ4v) is 4.17. The molecular weight excluding hydrogens is 412 g/mol. The van der Waals surface area contributed by atoms with Gasteiger partial charge in [0, 0.05) is 23.9 Å². The second kappa shape index (κ2) is 9.86. The second-order valence-corrected chi connectivity index (χ2v) is 8.20. The molecule has 0 aliphatic carbocycles. The summed E-state index contributed by atoms with van der Waals surface area (Å²) < 4.78 is 7.48. The highest BCUT2D eigenvalue weighted by atomic mass is 16.5. The van der Waals surface area contributed by atoms with E-state index in [1.54, 1.807) is 7.11 Å². The smallest absolute Gasteiger partial charge is 0.220 e. The third-order valence-corrected chi connectivity index (χ3v) is 6.05. The minimum atomic E-state index is 0.00724. The average molecular weight is 443 g/mol. The number of benzene rings is 2. The van der Waals surface area contributed by atoms with Crippen molar-refractivity contribution in [2.45, 2.75) is 46.6 Å². The van der Waals surface area contributed by atoms with E-state index in [-0.39, 0.29) is 5.91 Å². The Morgan fingerprint density at radius 2 is 1.73 bits per heavy atom. The lowest BCUT2D eigenvalue weighted by atomic mass is 10.0. The van der Waals surface area contributed by atoms with Crippen LogP contribution in [0.3, 0.4) is 0 Å². The fraction of sp³-hybridized carbons (Fsp3) is 0.296. The van der Waals surface area contributed by atoms with Crippen LogP contribution < -0.4 is 10.1 Å². The summed E-state index contributed by atoms with van der Waals surface area (Å²) in [6.45, 7) is 6.70. The summed E-state index contributed by atoms with van der Waals surface area (Å²) in [6, 6.07) is 18.3. The second-order valence-electron chi connectivity index (χ2n) is 8.20. The molecule has 1 N–H and O–H groups in total. The van der Waals surface area contributed by atoms with E-state index in [0.717, 1.165) is 45.5 Å². The van der Waals surface area contributed by atoms with Gasteiger partial charge < -0.3 is 10.1 Å². The van der Waals surface area contributed by atoms with E-state index in [1.165, 1.54) is 5.56 Å². The Labute approximate surface area is 194 Å². The first kappa shape index (κ1) is 22.5. The third-order valence-electron chi connectivity index (χ3n) is 6.05. The van der Waals surface area contributed by atoms with Crippen molar-refractivity contribution in [2.24, 2.45) is 0 Å². The van der Waals surface area contributed by atoms with Gasteiger partial charge in [-0.3, -0.25) is 4.79 Å². The molecule has 0 bridgehead atoms. The molecule has 6 nitrogen and oxygen atoms in total. The lowest BCUT2D eigenvalue weighted by Crippen LogP contribution is -2.23. The largest absolute Gasteiger partial charge is 0.481 e. The van der Waals surface area contributed by atoms with Gasteiger partial charge in [-0.15, -0.1) is 0 Å². The van der Waals surface area contributed by atoms with Gasteiger partial charge in [-0.25, -0.2) is 4.68 Å². The predicted octanol–water partition coefficient (Wildman–Crippen LogP) is 4.86. The number of fused-ring (bicyclic) bond motifs is 1. The molecule has 0 radical (unpaired) electrons. The molecule has 0 saturated heterocycles. The van der Waals surface area contributed by atoms with Crippen LogP contribution in [-0.2, 0) is 24.2 Å². The molecule has 4 rings (SSSR count). The number of amides is 1. The lowest BCUT2D eigenvalue weighted by Gasteiger charge is -2.13. The first-order chi connectivity index (χ1) is 16.0. The van der Waals surface area contributed by atoms with Crippen LogP contribution in [0.25, 0.3) is 16.7 Å². The van der Waals surface area contributed by atoms with Crippen molar-refractivity contribution >= 4 is 16.9 Å². The summed E-state index contributed by atoms with van der Waals surface area (Å²) in [7, 11) is 1.62. The van der Waals surface area contributed by atoms with Gasteiger partial charge in [0.05, 0.1) is 18.5 Å². The van der Waals surface area contributed by atoms with Crippen LogP contribution in [0.15, 0.2) is 54.6 Å². The number of carbonyl (C=O) groups is 1. The quantitative estimate of drug-likeness (QED) is 0.423. The number of ether oxygens (including phenoxy) is 1. The third kappa shape index (κ3) is 4.75. The zero-order valence-electron chi connectivity index (χ0n) is 19.7. The monoisotopic (exact) mass is 442 g/mol. The van der Waals surface area contributed by atoms with E-state index in [0.29, 0.717) is 25.3 Å². The summed E-state index contributed by atoms with van der Waals surface area (Å²) in [6.07, 6.45) is 1.92. The maximum absolute atomic E-state index is 12.6. The van der Waals surface area contributed by atoms with Crippen molar-refractivity contribution in [1.82, 2.24) is 20.1 Å². The number of hydrogen-bond acceptors (Lipinski definition) is 4. The Morgan fingerprint density at radius 3 is 2.39 bits per heavy atom. The highest BCUT2D eigenvalue weighted by Gasteiger charge is 2.20. The van der Waals surface area contributed by atoms with Crippen molar-refractivity contribution in [3.8, 4) is 11.6 Å². The molecule has 1 amide bonds. The van der Waals surface area contributed by atoms with Crippen LogP contribution in [0.5, 0.6) is 5.88 Å². The maximum Gasteiger partial charge on any atom is 0.220 e. The first-order valence-corrected chi connectivity index (χ1v) is 11.3. The van der Waals surface area contributed by atoms with Gasteiger partial charge in [-0.2, -0.15) is 10.1 Å². The summed E-state index contributed by atoms with van der Waals surface area (Å²) >= 11 is 0. The molecule has 0 aliphatic heterocycles. The number of nitrogens with zero attached hydrogens (tertiary/aromatic N) is 3. The van der Waals surface area contributed by atoms with Crippen molar-refractivity contribution in [3.63, 3.8) is 0 Å². The number of pyridine rings is 1. The Kier molecular flexibility index (Phi) is 6.73. The summed E-state index contributed by atoms with van der Waals surface area (Å²) in [5.74, 6) is 0.549. The van der Waals surface area contributed by atoms with Crippen molar-refractivity contribution in [1.29, 1.82) is 0 Å². The minimum Gasteiger partial charge on any atom is -0.481 e. The molecule has 0 spiro atoms. The van der Waals surface area contributed by atoms with E-state index in [4.69, 9.17) is 14.8 Å². The zero-order valence-corrected chi connectivity index (χ0v) is 19.7. The van der Waals surface area contributed by atoms with E-state index in [2.05, 4.69) is 43.4 Å². The predicted molar refractivity (Wildman–Crippen MR) is 131 cm³/mol. The molecule has 0 atom stereocenters. The molecule has 0 unspecified atom stereocenters. The number of carbonyl (C=O) groups excluding carboxylic acids is 1. The molecule has 4 aromatic rings. The van der Waals surface area contributed by atoms with Crippen molar-refractivity contribution < 1.29 is 9.53 Å². The van der Waals surface area contributed by atoms with Gasteiger partial charge in [-0.05, 0) is 55.5 Å². The van der Waals surface area contributed by atoms with Crippen molar-refractivity contribution in [3.05, 3.63) is 82.5 Å². The van der Waals surface area contributed by atoms with Crippen LogP contribution in [-0.4, -0.2) is 27.8 Å². The summed E-state index contributed by atoms with van der Waals surface area (Å²) in [4.78, 5) is 17.3. The number of hydrogen-bond donors (Lipinski definition) is 1. The van der Waals surface area contributed by atoms with Gasteiger partial charge in [0.1, 0.15) is 0 Å². The van der Waals surface area contributed by atoms with Crippen LogP contribution in [0.1, 0.15) is 41.3 Å². The molecule has 2 heterocycles. The fourth-order valence-electron chi connectivity index (χ4n) is 4.17. The maximum atomic E-state index is 12.6. The Bertz CT molecular complexity index is 1260. The number of aryl methyl sites for hydroxylation is 3. The normalized spacial score (nSPS) is 11.0. The van der Waals surface area contributed by atoms with Crippen molar-refractivity contribution in [2.75, 3.05) is 7.11 Å². The highest BCUT2D eigenvalue weighted by Crippen LogP contribution is 2.31. The lowest BCUT2D eigenvalue weighted by molar-refractivity contribution is -0.121.